The molecule has 1 atom stereocenters. The van der Waals surface area contributed by atoms with Gasteiger partial charge in [0.25, 0.3) is 0 Å². The third-order valence-corrected chi connectivity index (χ3v) is 2.00. The van der Waals surface area contributed by atoms with Crippen molar-refractivity contribution in [2.75, 3.05) is 0 Å². The quantitative estimate of drug-likeness (QED) is 0.641. The molecule has 3 N–H and O–H groups in total. The summed E-state index contributed by atoms with van der Waals surface area (Å²) in [5, 5.41) is 22.6. The van der Waals surface area contributed by atoms with Crippen molar-refractivity contribution >= 4 is 0 Å². The van der Waals surface area contributed by atoms with Crippen LogP contribution >= 0.6 is 0 Å². The van der Waals surface area contributed by atoms with Crippen molar-refractivity contribution in [1.29, 1.82) is 0 Å². The van der Waals surface area contributed by atoms with Gasteiger partial charge in [0, 0.05) is 11.6 Å². The SMILES string of the molecule is CC(C)NC(C)(O)c1ccccc1O. The number of hydrogen-bond donors (Lipinski definition) is 3. The molecule has 0 bridgehead atoms. The molecule has 0 saturated carbocycles. The molecule has 1 unspecified atom stereocenters. The maximum absolute atomic E-state index is 10.1. The van der Waals surface area contributed by atoms with E-state index in [0.29, 0.717) is 5.56 Å². The van der Waals surface area contributed by atoms with Gasteiger partial charge < -0.3 is 10.2 Å². The Morgan fingerprint density at radius 1 is 1.29 bits per heavy atom. The average molecular weight is 195 g/mol. The maximum Gasteiger partial charge on any atom is 0.143 e. The number of aromatic hydroxyl groups is 1. The normalized spacial score (nSPS) is 15.5. The summed E-state index contributed by atoms with van der Waals surface area (Å²) in [5.74, 6) is 0.102. The molecule has 0 heterocycles. The first-order valence-electron chi connectivity index (χ1n) is 4.72. The Bertz CT molecular complexity index is 308. The predicted molar refractivity (Wildman–Crippen MR) is 55.9 cm³/mol. The first kappa shape index (κ1) is 11.0. The molecule has 3 heteroatoms. The molecule has 1 aromatic carbocycles. The largest absolute Gasteiger partial charge is 0.508 e. The molecule has 14 heavy (non-hydrogen) atoms. The molecule has 0 aliphatic carbocycles. The smallest absolute Gasteiger partial charge is 0.143 e. The highest BCUT2D eigenvalue weighted by molar-refractivity contribution is 5.35. The number of nitrogens with one attached hydrogen (secondary N) is 1. The lowest BCUT2D eigenvalue weighted by molar-refractivity contribution is 0.00971. The van der Waals surface area contributed by atoms with Gasteiger partial charge in [-0.25, -0.2) is 0 Å². The van der Waals surface area contributed by atoms with Crippen LogP contribution in [-0.4, -0.2) is 16.3 Å². The zero-order valence-corrected chi connectivity index (χ0v) is 8.78. The number of para-hydroxylation sites is 1. The minimum atomic E-state index is -1.19. The molecular formula is C11H17NO2. The van der Waals surface area contributed by atoms with Gasteiger partial charge in [0.1, 0.15) is 11.5 Å². The fourth-order valence-corrected chi connectivity index (χ4v) is 1.53. The number of hydrogen-bond acceptors (Lipinski definition) is 3. The summed E-state index contributed by atoms with van der Waals surface area (Å²) in [6, 6.07) is 6.91. The summed E-state index contributed by atoms with van der Waals surface area (Å²) in [6.07, 6.45) is 0. The van der Waals surface area contributed by atoms with Crippen LogP contribution in [0.15, 0.2) is 24.3 Å². The van der Waals surface area contributed by atoms with Crippen LogP contribution in [0.5, 0.6) is 5.75 Å². The highest BCUT2D eigenvalue weighted by atomic mass is 16.3. The molecule has 0 radical (unpaired) electrons. The second kappa shape index (κ2) is 3.98. The van der Waals surface area contributed by atoms with Gasteiger partial charge in [-0.2, -0.15) is 0 Å². The first-order valence-corrected chi connectivity index (χ1v) is 4.72. The van der Waals surface area contributed by atoms with E-state index >= 15 is 0 Å². The molecule has 0 fully saturated rings. The van der Waals surface area contributed by atoms with E-state index in [2.05, 4.69) is 5.32 Å². The lowest BCUT2D eigenvalue weighted by Gasteiger charge is -2.28. The van der Waals surface area contributed by atoms with E-state index in [1.54, 1.807) is 31.2 Å². The Morgan fingerprint density at radius 2 is 1.86 bits per heavy atom. The summed E-state index contributed by atoms with van der Waals surface area (Å²) >= 11 is 0. The Labute approximate surface area is 84.4 Å². The molecule has 1 aromatic rings. The lowest BCUT2D eigenvalue weighted by atomic mass is 10.0. The lowest BCUT2D eigenvalue weighted by Crippen LogP contribution is -2.43. The van der Waals surface area contributed by atoms with E-state index in [-0.39, 0.29) is 11.8 Å². The zero-order valence-electron chi connectivity index (χ0n) is 8.78. The van der Waals surface area contributed by atoms with Gasteiger partial charge in [-0.15, -0.1) is 0 Å². The predicted octanol–water partition coefficient (Wildman–Crippen LogP) is 1.56. The van der Waals surface area contributed by atoms with Gasteiger partial charge in [0.15, 0.2) is 0 Å². The van der Waals surface area contributed by atoms with Gasteiger partial charge in [-0.1, -0.05) is 18.2 Å². The maximum atomic E-state index is 10.1. The van der Waals surface area contributed by atoms with E-state index in [1.807, 2.05) is 13.8 Å². The molecule has 3 nitrogen and oxygen atoms in total. The van der Waals surface area contributed by atoms with Crippen LogP contribution < -0.4 is 5.32 Å². The second-order valence-corrected chi connectivity index (χ2v) is 3.89. The van der Waals surface area contributed by atoms with E-state index in [9.17, 15) is 10.2 Å². The van der Waals surface area contributed by atoms with Crippen LogP contribution in [0.4, 0.5) is 0 Å². The van der Waals surface area contributed by atoms with Gasteiger partial charge in [-0.3, -0.25) is 5.32 Å². The minimum Gasteiger partial charge on any atom is -0.508 e. The number of aliphatic hydroxyl groups is 1. The third kappa shape index (κ3) is 2.47. The second-order valence-electron chi connectivity index (χ2n) is 3.89. The fourth-order valence-electron chi connectivity index (χ4n) is 1.53. The fraction of sp³-hybridized carbons (Fsp3) is 0.455. The van der Waals surface area contributed by atoms with Crippen molar-refractivity contribution < 1.29 is 10.2 Å². The van der Waals surface area contributed by atoms with Gasteiger partial charge in [0.05, 0.1) is 0 Å². The monoisotopic (exact) mass is 195 g/mol. The summed E-state index contributed by atoms with van der Waals surface area (Å²) < 4.78 is 0. The summed E-state index contributed by atoms with van der Waals surface area (Å²) in [7, 11) is 0. The van der Waals surface area contributed by atoms with Crippen LogP contribution in [0.1, 0.15) is 26.3 Å². The van der Waals surface area contributed by atoms with Crippen LogP contribution in [0.3, 0.4) is 0 Å². The summed E-state index contributed by atoms with van der Waals surface area (Å²) in [4.78, 5) is 0. The Kier molecular flexibility index (Phi) is 3.13. The molecule has 0 aliphatic rings. The standard InChI is InChI=1S/C11H17NO2/c1-8(2)12-11(3,14)9-6-4-5-7-10(9)13/h4-8,12-14H,1-3H3. The summed E-state index contributed by atoms with van der Waals surface area (Å²) in [5.41, 5.74) is -0.701. The van der Waals surface area contributed by atoms with Gasteiger partial charge in [-0.05, 0) is 26.8 Å². The molecular weight excluding hydrogens is 178 g/mol. The van der Waals surface area contributed by atoms with E-state index in [1.165, 1.54) is 0 Å². The third-order valence-electron chi connectivity index (χ3n) is 2.00. The van der Waals surface area contributed by atoms with Crippen LogP contribution in [-0.2, 0) is 5.72 Å². The Hall–Kier alpha value is -1.06. The molecule has 78 valence electrons. The number of phenolic OH excluding ortho intramolecular Hbond substituents is 1. The molecule has 0 saturated heterocycles. The topological polar surface area (TPSA) is 52.5 Å². The molecule has 0 amide bonds. The number of rotatable bonds is 3. The summed E-state index contributed by atoms with van der Waals surface area (Å²) in [6.45, 7) is 5.50. The highest BCUT2D eigenvalue weighted by Gasteiger charge is 2.25. The van der Waals surface area contributed by atoms with Gasteiger partial charge in [0.2, 0.25) is 0 Å². The van der Waals surface area contributed by atoms with Crippen LogP contribution in [0.2, 0.25) is 0 Å². The van der Waals surface area contributed by atoms with Crippen LogP contribution in [0, 0.1) is 0 Å². The zero-order chi connectivity index (χ0) is 10.8. The number of phenols is 1. The molecule has 0 aromatic heterocycles. The van der Waals surface area contributed by atoms with Crippen molar-refractivity contribution in [3.63, 3.8) is 0 Å². The minimum absolute atomic E-state index is 0.102. The Morgan fingerprint density at radius 3 is 2.36 bits per heavy atom. The van der Waals surface area contributed by atoms with Crippen LogP contribution in [0.25, 0.3) is 0 Å². The van der Waals surface area contributed by atoms with Crippen molar-refractivity contribution in [3.8, 4) is 5.75 Å². The van der Waals surface area contributed by atoms with E-state index in [4.69, 9.17) is 0 Å². The van der Waals surface area contributed by atoms with Crippen molar-refractivity contribution in [1.82, 2.24) is 5.32 Å². The van der Waals surface area contributed by atoms with Crippen molar-refractivity contribution in [3.05, 3.63) is 29.8 Å². The number of benzene rings is 1. The van der Waals surface area contributed by atoms with Gasteiger partial charge >= 0.3 is 0 Å². The molecule has 1 rings (SSSR count). The van der Waals surface area contributed by atoms with E-state index < -0.39 is 5.72 Å². The first-order chi connectivity index (χ1) is 6.43. The van der Waals surface area contributed by atoms with E-state index in [0.717, 1.165) is 0 Å². The Balaban J connectivity index is 2.97. The highest BCUT2D eigenvalue weighted by Crippen LogP contribution is 2.26. The molecule has 0 spiro atoms. The molecule has 0 aliphatic heterocycles. The van der Waals surface area contributed by atoms with Crippen molar-refractivity contribution in [2.45, 2.75) is 32.5 Å². The average Bonchev–Trinajstić information content (AvgIpc) is 2.02. The van der Waals surface area contributed by atoms with Crippen molar-refractivity contribution in [2.24, 2.45) is 0 Å².